The van der Waals surface area contributed by atoms with Crippen molar-refractivity contribution in [2.45, 2.75) is 18.8 Å². The highest BCUT2D eigenvalue weighted by atomic mass is 35.5. The Balaban J connectivity index is 2.04. The van der Waals surface area contributed by atoms with Crippen molar-refractivity contribution in [2.75, 3.05) is 13.1 Å². The van der Waals surface area contributed by atoms with E-state index in [9.17, 15) is 4.39 Å². The van der Waals surface area contributed by atoms with E-state index in [4.69, 9.17) is 11.6 Å². The highest BCUT2D eigenvalue weighted by molar-refractivity contribution is 6.31. The van der Waals surface area contributed by atoms with Gasteiger partial charge in [0.05, 0.1) is 11.2 Å². The Bertz CT molecular complexity index is 582. The van der Waals surface area contributed by atoms with Crippen LogP contribution >= 0.6 is 11.6 Å². The molecule has 0 spiro atoms. The molecular weight excluding hydrogens is 253 g/mol. The molecule has 1 aliphatic heterocycles. The fraction of sp³-hybridized carbons (Fsp3) is 0.385. The predicted octanol–water partition coefficient (Wildman–Crippen LogP) is 2.89. The number of fused-ring (bicyclic) bond motifs is 1. The SMILES string of the molecule is Fc1cc(Cl)cc2ncc(C3CCNCC3)nc12. The number of nitrogens with one attached hydrogen (secondary N) is 1. The normalized spacial score (nSPS) is 17.2. The Labute approximate surface area is 109 Å². The molecule has 1 aromatic carbocycles. The van der Waals surface area contributed by atoms with Crippen LogP contribution in [0.1, 0.15) is 24.5 Å². The highest BCUT2D eigenvalue weighted by Gasteiger charge is 2.18. The molecule has 0 aliphatic carbocycles. The van der Waals surface area contributed by atoms with Gasteiger partial charge in [-0.05, 0) is 38.1 Å². The number of hydrogen-bond donors (Lipinski definition) is 1. The Morgan fingerprint density at radius 3 is 2.83 bits per heavy atom. The zero-order valence-electron chi connectivity index (χ0n) is 9.79. The van der Waals surface area contributed by atoms with Crippen LogP contribution in [0.15, 0.2) is 18.3 Å². The van der Waals surface area contributed by atoms with Gasteiger partial charge in [-0.1, -0.05) is 11.6 Å². The topological polar surface area (TPSA) is 37.8 Å². The summed E-state index contributed by atoms with van der Waals surface area (Å²) in [6.07, 6.45) is 3.79. The summed E-state index contributed by atoms with van der Waals surface area (Å²) in [6, 6.07) is 2.92. The van der Waals surface area contributed by atoms with E-state index < -0.39 is 5.82 Å². The molecule has 5 heteroatoms. The smallest absolute Gasteiger partial charge is 0.152 e. The molecule has 0 atom stereocenters. The Kier molecular flexibility index (Phi) is 3.14. The summed E-state index contributed by atoms with van der Waals surface area (Å²) < 4.78 is 13.8. The number of halogens is 2. The van der Waals surface area contributed by atoms with Crippen LogP contribution in [-0.2, 0) is 0 Å². The molecule has 1 aromatic heterocycles. The van der Waals surface area contributed by atoms with Gasteiger partial charge in [0.15, 0.2) is 5.82 Å². The summed E-state index contributed by atoms with van der Waals surface area (Å²) in [5.41, 5.74) is 1.71. The summed E-state index contributed by atoms with van der Waals surface area (Å²) in [5.74, 6) is -0.0287. The zero-order chi connectivity index (χ0) is 12.5. The molecule has 1 N–H and O–H groups in total. The first-order valence-electron chi connectivity index (χ1n) is 6.06. The van der Waals surface area contributed by atoms with E-state index in [0.717, 1.165) is 31.6 Å². The maximum absolute atomic E-state index is 13.8. The van der Waals surface area contributed by atoms with Crippen molar-refractivity contribution in [3.05, 3.63) is 34.9 Å². The van der Waals surface area contributed by atoms with Gasteiger partial charge in [0, 0.05) is 17.1 Å². The van der Waals surface area contributed by atoms with Crippen molar-refractivity contribution < 1.29 is 4.39 Å². The van der Waals surface area contributed by atoms with E-state index in [1.165, 1.54) is 6.07 Å². The van der Waals surface area contributed by atoms with Crippen molar-refractivity contribution in [3.8, 4) is 0 Å². The second kappa shape index (κ2) is 4.78. The van der Waals surface area contributed by atoms with Crippen LogP contribution in [0.4, 0.5) is 4.39 Å². The molecule has 2 aromatic rings. The van der Waals surface area contributed by atoms with Gasteiger partial charge < -0.3 is 5.32 Å². The van der Waals surface area contributed by atoms with E-state index in [1.54, 1.807) is 12.3 Å². The van der Waals surface area contributed by atoms with Crippen molar-refractivity contribution in [1.82, 2.24) is 15.3 Å². The summed E-state index contributed by atoms with van der Waals surface area (Å²) in [5, 5.41) is 3.65. The third-order valence-corrected chi connectivity index (χ3v) is 3.56. The lowest BCUT2D eigenvalue weighted by Crippen LogP contribution is -2.27. The van der Waals surface area contributed by atoms with Gasteiger partial charge in [-0.15, -0.1) is 0 Å². The standard InChI is InChI=1S/C13H13ClFN3/c14-9-5-10(15)13-11(6-9)17-7-12(18-13)8-1-3-16-4-2-8/h5-8,16H,1-4H2. The van der Waals surface area contributed by atoms with Crippen molar-refractivity contribution in [2.24, 2.45) is 0 Å². The number of rotatable bonds is 1. The first kappa shape index (κ1) is 11.8. The minimum absolute atomic E-state index is 0.315. The van der Waals surface area contributed by atoms with Crippen LogP contribution < -0.4 is 5.32 Å². The van der Waals surface area contributed by atoms with E-state index >= 15 is 0 Å². The molecule has 3 rings (SSSR count). The van der Waals surface area contributed by atoms with E-state index in [1.807, 2.05) is 0 Å². The average molecular weight is 266 g/mol. The lowest BCUT2D eigenvalue weighted by atomic mass is 9.95. The maximum atomic E-state index is 13.8. The lowest BCUT2D eigenvalue weighted by Gasteiger charge is -2.21. The first-order valence-corrected chi connectivity index (χ1v) is 6.44. The molecule has 0 bridgehead atoms. The molecule has 0 saturated carbocycles. The number of hydrogen-bond acceptors (Lipinski definition) is 3. The second-order valence-electron chi connectivity index (χ2n) is 4.57. The monoisotopic (exact) mass is 265 g/mol. The lowest BCUT2D eigenvalue weighted by molar-refractivity contribution is 0.453. The van der Waals surface area contributed by atoms with Gasteiger partial charge in [0.25, 0.3) is 0 Å². The van der Waals surface area contributed by atoms with Gasteiger partial charge in [0.2, 0.25) is 0 Å². The minimum Gasteiger partial charge on any atom is -0.317 e. The number of benzene rings is 1. The fourth-order valence-electron chi connectivity index (χ4n) is 2.37. The minimum atomic E-state index is -0.402. The Hall–Kier alpha value is -1.26. The molecule has 94 valence electrons. The van der Waals surface area contributed by atoms with Crippen LogP contribution in [0.3, 0.4) is 0 Å². The van der Waals surface area contributed by atoms with E-state index in [-0.39, 0.29) is 0 Å². The number of aromatic nitrogens is 2. The van der Waals surface area contributed by atoms with Crippen LogP contribution in [0.5, 0.6) is 0 Å². The molecule has 2 heterocycles. The Morgan fingerprint density at radius 2 is 2.06 bits per heavy atom. The third kappa shape index (κ3) is 2.18. The summed E-state index contributed by atoms with van der Waals surface area (Å²) in [4.78, 5) is 8.69. The van der Waals surface area contributed by atoms with Gasteiger partial charge in [-0.2, -0.15) is 0 Å². The quantitative estimate of drug-likeness (QED) is 0.862. The molecule has 1 saturated heterocycles. The molecule has 1 fully saturated rings. The van der Waals surface area contributed by atoms with Crippen LogP contribution in [-0.4, -0.2) is 23.1 Å². The van der Waals surface area contributed by atoms with Crippen LogP contribution in [0.25, 0.3) is 11.0 Å². The van der Waals surface area contributed by atoms with Crippen molar-refractivity contribution in [1.29, 1.82) is 0 Å². The molecule has 3 nitrogen and oxygen atoms in total. The van der Waals surface area contributed by atoms with E-state index in [0.29, 0.717) is 22.0 Å². The van der Waals surface area contributed by atoms with E-state index in [2.05, 4.69) is 15.3 Å². The summed E-state index contributed by atoms with van der Waals surface area (Å²) in [7, 11) is 0. The second-order valence-corrected chi connectivity index (χ2v) is 5.01. The zero-order valence-corrected chi connectivity index (χ0v) is 10.5. The van der Waals surface area contributed by atoms with Crippen molar-refractivity contribution in [3.63, 3.8) is 0 Å². The van der Waals surface area contributed by atoms with Gasteiger partial charge in [-0.3, -0.25) is 4.98 Å². The fourth-order valence-corrected chi connectivity index (χ4v) is 2.57. The van der Waals surface area contributed by atoms with Gasteiger partial charge in [-0.25, -0.2) is 9.37 Å². The molecule has 1 aliphatic rings. The molecule has 0 unspecified atom stereocenters. The first-order chi connectivity index (χ1) is 8.74. The molecule has 18 heavy (non-hydrogen) atoms. The van der Waals surface area contributed by atoms with Crippen LogP contribution in [0, 0.1) is 5.82 Å². The number of nitrogens with zero attached hydrogens (tertiary/aromatic N) is 2. The molecule has 0 radical (unpaired) electrons. The predicted molar refractivity (Wildman–Crippen MR) is 69.4 cm³/mol. The molecular formula is C13H13ClFN3. The van der Waals surface area contributed by atoms with Gasteiger partial charge >= 0.3 is 0 Å². The summed E-state index contributed by atoms with van der Waals surface area (Å²) >= 11 is 5.80. The maximum Gasteiger partial charge on any atom is 0.152 e. The molecule has 0 amide bonds. The van der Waals surface area contributed by atoms with Crippen LogP contribution in [0.2, 0.25) is 5.02 Å². The average Bonchev–Trinajstić information content (AvgIpc) is 2.39. The van der Waals surface area contributed by atoms with Crippen molar-refractivity contribution >= 4 is 22.6 Å². The largest absolute Gasteiger partial charge is 0.317 e. The highest BCUT2D eigenvalue weighted by Crippen LogP contribution is 2.26. The van der Waals surface area contributed by atoms with Gasteiger partial charge in [0.1, 0.15) is 5.52 Å². The third-order valence-electron chi connectivity index (χ3n) is 3.34. The summed E-state index contributed by atoms with van der Waals surface area (Å²) in [6.45, 7) is 1.96. The Morgan fingerprint density at radius 1 is 1.28 bits per heavy atom. The number of piperidine rings is 1.